The van der Waals surface area contributed by atoms with Gasteiger partial charge in [-0.3, -0.25) is 0 Å². The third-order valence-corrected chi connectivity index (χ3v) is 7.89. The van der Waals surface area contributed by atoms with Gasteiger partial charge in [0, 0.05) is 10.4 Å². The molecule has 0 amide bonds. The fourth-order valence-electron chi connectivity index (χ4n) is 6.19. The molecule has 0 spiro atoms. The first-order valence-corrected chi connectivity index (χ1v) is 11.0. The third kappa shape index (κ3) is 2.66. The van der Waals surface area contributed by atoms with Crippen LogP contribution in [0.2, 0.25) is 5.02 Å². The minimum atomic E-state index is 0.218. The second-order valence-electron chi connectivity index (χ2n) is 8.74. The van der Waals surface area contributed by atoms with Gasteiger partial charge in [-0.15, -0.1) is 10.2 Å². The molecule has 7 rings (SSSR count). The molecular weight excluding hydrogens is 376 g/mol. The van der Waals surface area contributed by atoms with E-state index in [0.717, 1.165) is 44.1 Å². The van der Waals surface area contributed by atoms with Crippen molar-refractivity contribution in [2.45, 2.75) is 43.9 Å². The molecule has 0 aliphatic heterocycles. The molecule has 2 aromatic heterocycles. The molecule has 27 heavy (non-hydrogen) atoms. The number of benzene rings is 1. The largest absolute Gasteiger partial charge is 0.234 e. The Morgan fingerprint density at radius 2 is 1.78 bits per heavy atom. The van der Waals surface area contributed by atoms with Crippen LogP contribution < -0.4 is 0 Å². The quantitative estimate of drug-likeness (QED) is 0.588. The smallest absolute Gasteiger partial charge is 0.186 e. The van der Waals surface area contributed by atoms with Crippen LogP contribution >= 0.6 is 22.9 Å². The molecule has 2 heterocycles. The number of hydrogen-bond donors (Lipinski definition) is 0. The summed E-state index contributed by atoms with van der Waals surface area (Å²) in [6, 6.07) is 7.86. The van der Waals surface area contributed by atoms with Gasteiger partial charge in [-0.2, -0.15) is 9.61 Å². The number of fused-ring (bicyclic) bond motifs is 1. The SMILES string of the molecule is Clc1cccc(/C=C/c2nn3c(C45CC6CC(CC(C6)C4)C5)nnc3s2)c1. The predicted octanol–water partition coefficient (Wildman–Crippen LogP) is 5.48. The van der Waals surface area contributed by atoms with Crippen molar-refractivity contribution < 1.29 is 0 Å². The molecule has 0 radical (unpaired) electrons. The van der Waals surface area contributed by atoms with Crippen molar-refractivity contribution in [1.29, 1.82) is 0 Å². The van der Waals surface area contributed by atoms with Crippen molar-refractivity contribution >= 4 is 40.1 Å². The standard InChI is InChI=1S/C21H21ClN4S/c22-17-3-1-2-13(9-17)4-5-18-25-26-19(23-24-20(26)27-18)21-10-14-6-15(11-21)8-16(7-14)12-21/h1-5,9,14-16H,6-8,10-12H2/b5-4+. The number of aromatic nitrogens is 4. The summed E-state index contributed by atoms with van der Waals surface area (Å²) in [7, 11) is 0. The van der Waals surface area contributed by atoms with Gasteiger partial charge in [0.25, 0.3) is 0 Å². The zero-order valence-corrected chi connectivity index (χ0v) is 16.6. The van der Waals surface area contributed by atoms with Crippen LogP contribution in [0.1, 0.15) is 54.9 Å². The summed E-state index contributed by atoms with van der Waals surface area (Å²) in [4.78, 5) is 0.909. The van der Waals surface area contributed by atoms with E-state index in [1.54, 1.807) is 11.3 Å². The van der Waals surface area contributed by atoms with E-state index in [9.17, 15) is 0 Å². The number of nitrogens with zero attached hydrogens (tertiary/aromatic N) is 4. The molecule has 138 valence electrons. The van der Waals surface area contributed by atoms with Crippen LogP contribution in [-0.4, -0.2) is 19.8 Å². The van der Waals surface area contributed by atoms with Crippen molar-refractivity contribution in [2.24, 2.45) is 17.8 Å². The van der Waals surface area contributed by atoms with E-state index in [4.69, 9.17) is 16.7 Å². The van der Waals surface area contributed by atoms with Gasteiger partial charge in [-0.25, -0.2) is 0 Å². The van der Waals surface area contributed by atoms with Crippen LogP contribution in [0.4, 0.5) is 0 Å². The molecule has 4 aliphatic rings. The van der Waals surface area contributed by atoms with Gasteiger partial charge in [0.1, 0.15) is 5.01 Å². The van der Waals surface area contributed by atoms with Gasteiger partial charge >= 0.3 is 0 Å². The minimum absolute atomic E-state index is 0.218. The summed E-state index contributed by atoms with van der Waals surface area (Å²) in [5.41, 5.74) is 1.30. The topological polar surface area (TPSA) is 43.1 Å². The number of rotatable bonds is 3. The fraction of sp³-hybridized carbons (Fsp3) is 0.476. The summed E-state index contributed by atoms with van der Waals surface area (Å²) < 4.78 is 2.04. The van der Waals surface area contributed by atoms with Crippen LogP contribution in [0.25, 0.3) is 17.1 Å². The second-order valence-corrected chi connectivity index (χ2v) is 10.2. The molecule has 4 bridgehead atoms. The molecule has 4 aliphatic carbocycles. The molecule has 0 atom stereocenters. The van der Waals surface area contributed by atoms with Crippen LogP contribution in [-0.2, 0) is 5.41 Å². The highest BCUT2D eigenvalue weighted by Crippen LogP contribution is 2.60. The maximum atomic E-state index is 6.07. The van der Waals surface area contributed by atoms with Crippen LogP contribution in [0.15, 0.2) is 24.3 Å². The minimum Gasteiger partial charge on any atom is -0.186 e. The first kappa shape index (κ1) is 16.3. The highest BCUT2D eigenvalue weighted by atomic mass is 35.5. The van der Waals surface area contributed by atoms with Crippen LogP contribution in [0, 0.1) is 17.8 Å². The predicted molar refractivity (Wildman–Crippen MR) is 109 cm³/mol. The Kier molecular flexibility index (Phi) is 3.54. The number of halogens is 1. The normalized spacial score (nSPS) is 32.1. The molecular formula is C21H21ClN4S. The fourth-order valence-corrected chi connectivity index (χ4v) is 7.13. The molecule has 0 saturated heterocycles. The first-order chi connectivity index (χ1) is 13.2. The van der Waals surface area contributed by atoms with Crippen molar-refractivity contribution in [3.63, 3.8) is 0 Å². The summed E-state index contributed by atoms with van der Waals surface area (Å²) in [5.74, 6) is 3.80. The van der Waals surface area contributed by atoms with Gasteiger partial charge < -0.3 is 0 Å². The first-order valence-electron chi connectivity index (χ1n) is 9.83. The summed E-state index contributed by atoms with van der Waals surface area (Å²) in [6.45, 7) is 0. The van der Waals surface area contributed by atoms with Crippen LogP contribution in [0.3, 0.4) is 0 Å². The Hall–Kier alpha value is -1.72. The zero-order chi connectivity index (χ0) is 18.0. The molecule has 0 N–H and O–H groups in total. The van der Waals surface area contributed by atoms with E-state index in [-0.39, 0.29) is 5.41 Å². The summed E-state index contributed by atoms with van der Waals surface area (Å²) >= 11 is 7.68. The van der Waals surface area contributed by atoms with E-state index in [1.165, 1.54) is 38.5 Å². The maximum absolute atomic E-state index is 6.07. The van der Waals surface area contributed by atoms with Crippen LogP contribution in [0.5, 0.6) is 0 Å². The molecule has 6 heteroatoms. The third-order valence-electron chi connectivity index (χ3n) is 6.79. The van der Waals surface area contributed by atoms with E-state index in [2.05, 4.69) is 22.3 Å². The van der Waals surface area contributed by atoms with Crippen molar-refractivity contribution in [3.8, 4) is 0 Å². The Balaban J connectivity index is 1.35. The van der Waals surface area contributed by atoms with Gasteiger partial charge in [0.15, 0.2) is 5.82 Å². The number of hydrogen-bond acceptors (Lipinski definition) is 4. The second kappa shape index (κ2) is 5.89. The molecule has 3 aromatic rings. The lowest BCUT2D eigenvalue weighted by molar-refractivity contribution is -0.0103. The van der Waals surface area contributed by atoms with Gasteiger partial charge in [-0.05, 0) is 80.1 Å². The molecule has 4 saturated carbocycles. The average Bonchev–Trinajstić information content (AvgIpc) is 3.19. The Bertz CT molecular complexity index is 1010. The molecule has 4 nitrogen and oxygen atoms in total. The van der Waals surface area contributed by atoms with Crippen molar-refractivity contribution in [2.75, 3.05) is 0 Å². The zero-order valence-electron chi connectivity index (χ0n) is 15.0. The monoisotopic (exact) mass is 396 g/mol. The highest BCUT2D eigenvalue weighted by Gasteiger charge is 2.54. The van der Waals surface area contributed by atoms with Gasteiger partial charge in [-0.1, -0.05) is 41.1 Å². The average molecular weight is 397 g/mol. The van der Waals surface area contributed by atoms with E-state index in [0.29, 0.717) is 0 Å². The van der Waals surface area contributed by atoms with Crippen molar-refractivity contribution in [3.05, 3.63) is 45.7 Å². The highest BCUT2D eigenvalue weighted by molar-refractivity contribution is 7.17. The lowest BCUT2D eigenvalue weighted by atomic mass is 9.49. The van der Waals surface area contributed by atoms with Gasteiger partial charge in [0.2, 0.25) is 4.96 Å². The van der Waals surface area contributed by atoms with Gasteiger partial charge in [0.05, 0.1) is 0 Å². The maximum Gasteiger partial charge on any atom is 0.234 e. The van der Waals surface area contributed by atoms with E-state index >= 15 is 0 Å². The summed E-state index contributed by atoms with van der Waals surface area (Å²) in [6.07, 6.45) is 12.3. The Morgan fingerprint density at radius 3 is 2.48 bits per heavy atom. The lowest BCUT2D eigenvalue weighted by Crippen LogP contribution is -2.49. The molecule has 1 aromatic carbocycles. The van der Waals surface area contributed by atoms with E-state index < -0.39 is 0 Å². The Morgan fingerprint density at radius 1 is 1.04 bits per heavy atom. The summed E-state index contributed by atoms with van der Waals surface area (Å²) in [5, 5.41) is 15.7. The lowest BCUT2D eigenvalue weighted by Gasteiger charge is -2.55. The molecule has 4 fully saturated rings. The van der Waals surface area contributed by atoms with E-state index in [1.807, 2.05) is 28.8 Å². The Labute approximate surface area is 167 Å². The van der Waals surface area contributed by atoms with Crippen molar-refractivity contribution in [1.82, 2.24) is 19.8 Å². The molecule has 0 unspecified atom stereocenters.